The van der Waals surface area contributed by atoms with E-state index in [1.54, 1.807) is 41.2 Å². The molecule has 1 fully saturated rings. The first-order chi connectivity index (χ1) is 8.68. The summed E-state index contributed by atoms with van der Waals surface area (Å²) in [6.07, 6.45) is 3.17. The summed E-state index contributed by atoms with van der Waals surface area (Å²) in [5.41, 5.74) is 0. The van der Waals surface area contributed by atoms with Crippen LogP contribution >= 0.6 is 41.2 Å². The highest BCUT2D eigenvalue weighted by atomic mass is 33.7. The van der Waals surface area contributed by atoms with Crippen LogP contribution in [0.3, 0.4) is 0 Å². The minimum atomic E-state index is -0.386. The highest BCUT2D eigenvalue weighted by molar-refractivity contribution is 9.26. The normalized spacial score (nSPS) is 34.5. The molecular weight excluding hydrogens is 308 g/mol. The van der Waals surface area contributed by atoms with Crippen LogP contribution in [0, 0.1) is 0 Å². The highest BCUT2D eigenvalue weighted by Gasteiger charge is 2.13. The van der Waals surface area contributed by atoms with Gasteiger partial charge in [-0.3, -0.25) is 0 Å². The summed E-state index contributed by atoms with van der Waals surface area (Å²) in [5, 5.41) is 29.3. The third-order valence-corrected chi connectivity index (χ3v) is 9.39. The van der Waals surface area contributed by atoms with E-state index >= 15 is 0 Å². The summed E-state index contributed by atoms with van der Waals surface area (Å²) in [5.74, 6) is 1.89. The zero-order valence-electron chi connectivity index (χ0n) is 10.4. The minimum absolute atomic E-state index is 0.305. The molecule has 1 saturated heterocycles. The fourth-order valence-corrected chi connectivity index (χ4v) is 7.90. The molecule has 18 heavy (non-hydrogen) atoms. The topological polar surface area (TPSA) is 60.7 Å². The molecule has 1 aliphatic rings. The highest BCUT2D eigenvalue weighted by Crippen LogP contribution is 2.43. The van der Waals surface area contributed by atoms with Crippen LogP contribution in [0.1, 0.15) is 38.5 Å². The zero-order chi connectivity index (χ0) is 13.2. The Hall–Kier alpha value is 1.28. The fourth-order valence-electron chi connectivity index (χ4n) is 1.68. The number of rotatable bonds is 0. The molecule has 0 amide bonds. The molecule has 7 heteroatoms. The predicted octanol–water partition coefficient (Wildman–Crippen LogP) is 3.10. The van der Waals surface area contributed by atoms with E-state index in [0.29, 0.717) is 25.7 Å². The Morgan fingerprint density at radius 3 is 1.28 bits per heavy atom. The van der Waals surface area contributed by atoms with Crippen LogP contribution in [-0.2, 0) is 0 Å². The van der Waals surface area contributed by atoms with Crippen molar-refractivity contribution in [1.29, 1.82) is 0 Å². The lowest BCUT2D eigenvalue weighted by atomic mass is 10.0. The lowest BCUT2D eigenvalue weighted by Gasteiger charge is -2.15. The number of aliphatic hydroxyl groups excluding tert-OH is 3. The minimum Gasteiger partial charge on any atom is -0.393 e. The van der Waals surface area contributed by atoms with Crippen molar-refractivity contribution in [3.63, 3.8) is 0 Å². The van der Waals surface area contributed by atoms with Crippen LogP contribution in [0.5, 0.6) is 0 Å². The van der Waals surface area contributed by atoms with Crippen molar-refractivity contribution in [2.45, 2.75) is 56.8 Å². The Kier molecular flexibility index (Phi) is 10.6. The maximum atomic E-state index is 9.77. The van der Waals surface area contributed by atoms with E-state index in [1.807, 2.05) is 0 Å². The first kappa shape index (κ1) is 17.3. The molecule has 0 bridgehead atoms. The molecule has 0 aromatic heterocycles. The van der Waals surface area contributed by atoms with E-state index in [4.69, 9.17) is 0 Å². The Bertz CT molecular complexity index is 189. The van der Waals surface area contributed by atoms with E-state index in [1.165, 1.54) is 0 Å². The molecule has 3 N–H and O–H groups in total. The molecule has 2 atom stereocenters. The van der Waals surface area contributed by atoms with Gasteiger partial charge in [0.1, 0.15) is 0 Å². The molecule has 0 saturated carbocycles. The average Bonchev–Trinajstić information content (AvgIpc) is 2.36. The van der Waals surface area contributed by atoms with Gasteiger partial charge in [0.25, 0.3) is 0 Å². The van der Waals surface area contributed by atoms with Crippen molar-refractivity contribution >= 4 is 41.2 Å². The average molecular weight is 331 g/mol. The second-order valence-corrected chi connectivity index (χ2v) is 10.7. The van der Waals surface area contributed by atoms with Gasteiger partial charge in [-0.2, -0.15) is 0 Å². The molecule has 3 nitrogen and oxygen atoms in total. The Morgan fingerprint density at radius 2 is 0.889 bits per heavy atom. The lowest BCUT2D eigenvalue weighted by Crippen LogP contribution is -2.16. The van der Waals surface area contributed by atoms with Crippen LogP contribution in [-0.4, -0.2) is 45.1 Å². The zero-order valence-corrected chi connectivity index (χ0v) is 13.6. The van der Waals surface area contributed by atoms with E-state index in [0.717, 1.165) is 24.3 Å². The molecule has 0 aliphatic carbocycles. The molecule has 0 aromatic carbocycles. The summed E-state index contributed by atoms with van der Waals surface area (Å²) in [4.78, 5) is 0. The van der Waals surface area contributed by atoms with Gasteiger partial charge in [-0.25, -0.2) is 0 Å². The van der Waals surface area contributed by atoms with E-state index in [2.05, 4.69) is 0 Å². The maximum absolute atomic E-state index is 9.77. The summed E-state index contributed by atoms with van der Waals surface area (Å²) >= 11 is 0. The van der Waals surface area contributed by atoms with Crippen molar-refractivity contribution in [3.8, 4) is 0 Å². The predicted molar refractivity (Wildman–Crippen MR) is 85.8 cm³/mol. The van der Waals surface area contributed by atoms with E-state index in [9.17, 15) is 15.3 Å². The Balaban J connectivity index is 2.29. The van der Waals surface area contributed by atoms with Crippen molar-refractivity contribution < 1.29 is 15.3 Å². The Labute approximate surface area is 124 Å². The van der Waals surface area contributed by atoms with Crippen LogP contribution in [0.25, 0.3) is 0 Å². The van der Waals surface area contributed by atoms with Crippen LogP contribution in [0.15, 0.2) is 0 Å². The van der Waals surface area contributed by atoms with Crippen molar-refractivity contribution in [1.82, 2.24) is 0 Å². The summed E-state index contributed by atoms with van der Waals surface area (Å²) in [7, 11) is 7.01. The van der Waals surface area contributed by atoms with Crippen LogP contribution in [0.2, 0.25) is 0 Å². The van der Waals surface area contributed by atoms with Crippen LogP contribution < -0.4 is 0 Å². The fraction of sp³-hybridized carbons (Fsp3) is 1.00. The molecule has 1 rings (SSSR count). The van der Waals surface area contributed by atoms with Crippen LogP contribution in [0.4, 0.5) is 0 Å². The molecule has 0 radical (unpaired) electrons. The summed E-state index contributed by atoms with van der Waals surface area (Å²) < 4.78 is 0. The quantitative estimate of drug-likeness (QED) is 0.590. The standard InChI is InChI=1S/C11H22O3S4/c12-9-1-3-10(13)5-7-15-17-18-16-8-6-11(14)4-2-9/h9-14H,1-8H2. The van der Waals surface area contributed by atoms with Gasteiger partial charge in [0.05, 0.1) is 18.3 Å². The lowest BCUT2D eigenvalue weighted by molar-refractivity contribution is 0.0871. The first-order valence-electron chi connectivity index (χ1n) is 6.30. The van der Waals surface area contributed by atoms with E-state index < -0.39 is 0 Å². The van der Waals surface area contributed by atoms with Crippen molar-refractivity contribution in [2.75, 3.05) is 11.5 Å². The van der Waals surface area contributed by atoms with Gasteiger partial charge in [0, 0.05) is 11.5 Å². The number of aliphatic hydroxyl groups is 3. The molecule has 1 heterocycles. The summed E-state index contributed by atoms with van der Waals surface area (Å²) in [6, 6.07) is 0. The van der Waals surface area contributed by atoms with Gasteiger partial charge in [0.15, 0.2) is 0 Å². The second-order valence-electron chi connectivity index (χ2n) is 4.47. The van der Waals surface area contributed by atoms with Crippen molar-refractivity contribution in [2.24, 2.45) is 0 Å². The van der Waals surface area contributed by atoms with E-state index in [-0.39, 0.29) is 18.3 Å². The van der Waals surface area contributed by atoms with Gasteiger partial charge < -0.3 is 15.3 Å². The van der Waals surface area contributed by atoms with Gasteiger partial charge in [0.2, 0.25) is 0 Å². The largest absolute Gasteiger partial charge is 0.393 e. The molecule has 2 unspecified atom stereocenters. The molecule has 0 aromatic rings. The first-order valence-corrected chi connectivity index (χ1v) is 11.5. The third kappa shape index (κ3) is 9.23. The third-order valence-electron chi connectivity index (χ3n) is 2.86. The van der Waals surface area contributed by atoms with Gasteiger partial charge >= 0.3 is 0 Å². The smallest absolute Gasteiger partial charge is 0.0549 e. The van der Waals surface area contributed by atoms with Gasteiger partial charge in [-0.05, 0) is 58.2 Å². The SMILES string of the molecule is OC1CCSSSSCCC(O)CCC(O)CC1. The summed E-state index contributed by atoms with van der Waals surface area (Å²) in [6.45, 7) is 0. The number of hydrogen-bond donors (Lipinski definition) is 3. The van der Waals surface area contributed by atoms with Gasteiger partial charge in [-0.1, -0.05) is 21.6 Å². The molecule has 0 spiro atoms. The molecular formula is C11H22O3S4. The maximum Gasteiger partial charge on any atom is 0.0549 e. The van der Waals surface area contributed by atoms with Crippen molar-refractivity contribution in [3.05, 3.63) is 0 Å². The van der Waals surface area contributed by atoms with Gasteiger partial charge in [-0.15, -0.1) is 0 Å². The second kappa shape index (κ2) is 11.0. The molecule has 108 valence electrons. The monoisotopic (exact) mass is 330 g/mol. The Morgan fingerprint density at radius 1 is 0.556 bits per heavy atom. The molecule has 1 aliphatic heterocycles. The number of hydrogen-bond acceptors (Lipinski definition) is 7.